The van der Waals surface area contributed by atoms with Gasteiger partial charge in [0, 0.05) is 16.8 Å². The van der Waals surface area contributed by atoms with Gasteiger partial charge in [0.2, 0.25) is 0 Å². The quantitative estimate of drug-likeness (QED) is 0.384. The van der Waals surface area contributed by atoms with E-state index in [2.05, 4.69) is 16.8 Å². The van der Waals surface area contributed by atoms with Gasteiger partial charge < -0.3 is 10.2 Å². The summed E-state index contributed by atoms with van der Waals surface area (Å²) in [6, 6.07) is 20.5. The minimum absolute atomic E-state index is 0.0932. The number of hydrogen-bond acceptors (Lipinski definition) is 3. The topological polar surface area (TPSA) is 70.4 Å². The monoisotopic (exact) mass is 455 g/mol. The zero-order valence-corrected chi connectivity index (χ0v) is 19.0. The van der Waals surface area contributed by atoms with Crippen molar-refractivity contribution in [1.29, 1.82) is 0 Å². The Morgan fingerprint density at radius 3 is 2.52 bits per heavy atom. The summed E-state index contributed by atoms with van der Waals surface area (Å²) in [5.74, 6) is 5.08. The molecule has 33 heavy (non-hydrogen) atoms. The van der Waals surface area contributed by atoms with Crippen molar-refractivity contribution >= 4 is 28.3 Å². The van der Waals surface area contributed by atoms with Crippen molar-refractivity contribution in [3.63, 3.8) is 0 Å². The molecule has 4 aromatic rings. The van der Waals surface area contributed by atoms with Crippen LogP contribution in [0, 0.1) is 18.8 Å². The zero-order valence-electron chi connectivity index (χ0n) is 18.3. The lowest BCUT2D eigenvalue weighted by Crippen LogP contribution is -2.19. The molecule has 0 saturated heterocycles. The number of carbonyl (C=O) groups is 1. The van der Waals surface area contributed by atoms with Crippen LogP contribution in [0.2, 0.25) is 5.02 Å². The van der Waals surface area contributed by atoms with E-state index in [9.17, 15) is 15.0 Å². The van der Waals surface area contributed by atoms with Crippen LogP contribution in [0.4, 0.5) is 0 Å². The molecule has 5 heteroatoms. The van der Waals surface area contributed by atoms with E-state index in [1.165, 1.54) is 0 Å². The molecule has 164 valence electrons. The summed E-state index contributed by atoms with van der Waals surface area (Å²) < 4.78 is 0. The lowest BCUT2D eigenvalue weighted by molar-refractivity contribution is -0.136. The number of carboxylic acid groups (broad SMARTS) is 1. The van der Waals surface area contributed by atoms with E-state index in [0.717, 1.165) is 33.0 Å². The van der Waals surface area contributed by atoms with Gasteiger partial charge in [-0.05, 0) is 83.3 Å². The van der Waals surface area contributed by atoms with Gasteiger partial charge >= 0.3 is 5.97 Å². The first-order valence-corrected chi connectivity index (χ1v) is 10.8. The van der Waals surface area contributed by atoms with Crippen LogP contribution < -0.4 is 0 Å². The molecule has 0 radical (unpaired) electrons. The number of hydrogen-bond donors (Lipinski definition) is 2. The Morgan fingerprint density at radius 1 is 1.09 bits per heavy atom. The number of aliphatic carboxylic acids is 1. The first kappa shape index (κ1) is 22.5. The number of halogens is 1. The third-order valence-corrected chi connectivity index (χ3v) is 5.80. The molecule has 0 aliphatic carbocycles. The van der Waals surface area contributed by atoms with Crippen molar-refractivity contribution in [3.8, 4) is 23.0 Å². The Morgan fingerprint density at radius 2 is 1.85 bits per heavy atom. The number of aromatic nitrogens is 1. The van der Waals surface area contributed by atoms with Gasteiger partial charge in [0.05, 0.1) is 12.1 Å². The van der Waals surface area contributed by atoms with Gasteiger partial charge in [-0.15, -0.1) is 0 Å². The van der Waals surface area contributed by atoms with Gasteiger partial charge in [-0.1, -0.05) is 53.8 Å². The largest absolute Gasteiger partial charge is 0.481 e. The van der Waals surface area contributed by atoms with Crippen molar-refractivity contribution in [1.82, 2.24) is 4.98 Å². The SMILES string of the molecule is Cc1cc2ccc(C#CC(C)(O)c3ccccn3)cc2c(-c2ccc(Cl)cc2)c1CC(=O)O. The van der Waals surface area contributed by atoms with Crippen LogP contribution in [-0.2, 0) is 16.8 Å². The van der Waals surface area contributed by atoms with E-state index in [1.54, 1.807) is 43.5 Å². The normalized spacial score (nSPS) is 12.6. The van der Waals surface area contributed by atoms with E-state index in [4.69, 9.17) is 11.6 Å². The lowest BCUT2D eigenvalue weighted by atomic mass is 9.88. The van der Waals surface area contributed by atoms with Gasteiger partial charge in [0.1, 0.15) is 0 Å². The van der Waals surface area contributed by atoms with E-state index in [-0.39, 0.29) is 6.42 Å². The first-order chi connectivity index (χ1) is 15.7. The highest BCUT2D eigenvalue weighted by Gasteiger charge is 2.21. The molecule has 1 aromatic heterocycles. The fourth-order valence-electron chi connectivity index (χ4n) is 3.89. The van der Waals surface area contributed by atoms with Crippen LogP contribution in [0.3, 0.4) is 0 Å². The minimum atomic E-state index is -1.41. The standard InChI is InChI=1S/C28H22ClNO3/c1-18-15-21-7-6-19(12-13-28(2,33)25-5-3-4-14-30-25)16-24(21)27(23(18)17-26(31)32)20-8-10-22(29)11-9-20/h3-11,14-16,33H,17H2,1-2H3,(H,31,32). The second-order valence-electron chi connectivity index (χ2n) is 8.10. The summed E-state index contributed by atoms with van der Waals surface area (Å²) in [5, 5.41) is 22.8. The average Bonchev–Trinajstić information content (AvgIpc) is 2.79. The van der Waals surface area contributed by atoms with E-state index in [1.807, 2.05) is 43.3 Å². The van der Waals surface area contributed by atoms with Gasteiger partial charge in [-0.25, -0.2) is 0 Å². The predicted octanol–water partition coefficient (Wildman–Crippen LogP) is 5.75. The Hall–Kier alpha value is -3.65. The van der Waals surface area contributed by atoms with E-state index in [0.29, 0.717) is 16.3 Å². The molecule has 1 heterocycles. The van der Waals surface area contributed by atoms with Crippen LogP contribution in [-0.4, -0.2) is 21.2 Å². The number of pyridine rings is 1. The van der Waals surface area contributed by atoms with Gasteiger partial charge in [0.15, 0.2) is 5.60 Å². The second kappa shape index (κ2) is 9.07. The van der Waals surface area contributed by atoms with Crippen molar-refractivity contribution in [3.05, 3.63) is 100 Å². The fourth-order valence-corrected chi connectivity index (χ4v) is 4.02. The smallest absolute Gasteiger partial charge is 0.307 e. The van der Waals surface area contributed by atoms with Crippen molar-refractivity contribution in [2.75, 3.05) is 0 Å². The molecule has 4 rings (SSSR count). The summed E-state index contributed by atoms with van der Waals surface area (Å²) >= 11 is 6.09. The molecule has 3 aromatic carbocycles. The summed E-state index contributed by atoms with van der Waals surface area (Å²) in [6.07, 6.45) is 1.52. The maximum absolute atomic E-state index is 11.6. The minimum Gasteiger partial charge on any atom is -0.481 e. The summed E-state index contributed by atoms with van der Waals surface area (Å²) in [4.78, 5) is 15.8. The Kier molecular flexibility index (Phi) is 6.20. The zero-order chi connectivity index (χ0) is 23.6. The van der Waals surface area contributed by atoms with Gasteiger partial charge in [0.25, 0.3) is 0 Å². The fraction of sp³-hybridized carbons (Fsp3) is 0.143. The molecule has 0 spiro atoms. The van der Waals surface area contributed by atoms with Gasteiger partial charge in [-0.3, -0.25) is 9.78 Å². The molecule has 2 N–H and O–H groups in total. The molecule has 0 amide bonds. The molecule has 0 aliphatic heterocycles. The molecule has 0 aliphatic rings. The van der Waals surface area contributed by atoms with Crippen molar-refractivity contribution in [2.45, 2.75) is 25.9 Å². The molecule has 0 bridgehead atoms. The molecule has 4 nitrogen and oxygen atoms in total. The van der Waals surface area contributed by atoms with Crippen molar-refractivity contribution in [2.24, 2.45) is 0 Å². The molecule has 1 unspecified atom stereocenters. The first-order valence-electron chi connectivity index (χ1n) is 10.5. The Labute approximate surface area is 197 Å². The number of aryl methyl sites for hydroxylation is 1. The highest BCUT2D eigenvalue weighted by molar-refractivity contribution is 6.30. The van der Waals surface area contributed by atoms with Crippen LogP contribution >= 0.6 is 11.6 Å². The molecular formula is C28H22ClNO3. The van der Waals surface area contributed by atoms with Crippen molar-refractivity contribution < 1.29 is 15.0 Å². The summed E-state index contributed by atoms with van der Waals surface area (Å²) in [7, 11) is 0. The van der Waals surface area contributed by atoms with E-state index < -0.39 is 11.6 Å². The molecular weight excluding hydrogens is 434 g/mol. The van der Waals surface area contributed by atoms with Crippen LogP contribution in [0.5, 0.6) is 0 Å². The van der Waals surface area contributed by atoms with Crippen LogP contribution in [0.1, 0.15) is 29.3 Å². The number of nitrogens with zero attached hydrogens (tertiary/aromatic N) is 1. The number of carboxylic acids is 1. The average molecular weight is 456 g/mol. The Bertz CT molecular complexity index is 1400. The Balaban J connectivity index is 1.90. The summed E-state index contributed by atoms with van der Waals surface area (Å²) in [6.45, 7) is 3.53. The number of aliphatic hydroxyl groups is 1. The maximum atomic E-state index is 11.6. The summed E-state index contributed by atoms with van der Waals surface area (Å²) in [5.41, 5.74) is 3.17. The number of rotatable bonds is 4. The van der Waals surface area contributed by atoms with Crippen LogP contribution in [0.15, 0.2) is 72.9 Å². The third kappa shape index (κ3) is 4.90. The molecule has 0 saturated carbocycles. The number of benzene rings is 3. The second-order valence-corrected chi connectivity index (χ2v) is 8.53. The molecule has 1 atom stereocenters. The highest BCUT2D eigenvalue weighted by atomic mass is 35.5. The lowest BCUT2D eigenvalue weighted by Gasteiger charge is -2.17. The van der Waals surface area contributed by atoms with Gasteiger partial charge in [-0.2, -0.15) is 0 Å². The van der Waals surface area contributed by atoms with E-state index >= 15 is 0 Å². The van der Waals surface area contributed by atoms with Crippen LogP contribution in [0.25, 0.3) is 21.9 Å². The molecule has 0 fully saturated rings. The number of fused-ring (bicyclic) bond motifs is 1. The predicted molar refractivity (Wildman–Crippen MR) is 131 cm³/mol. The third-order valence-electron chi connectivity index (χ3n) is 5.55. The maximum Gasteiger partial charge on any atom is 0.307 e. The highest BCUT2D eigenvalue weighted by Crippen LogP contribution is 2.36.